The van der Waals surface area contributed by atoms with Crippen LogP contribution in [0.4, 0.5) is 0 Å². The number of pyridine rings is 1. The summed E-state index contributed by atoms with van der Waals surface area (Å²) < 4.78 is 5.78. The Kier molecular flexibility index (Phi) is 10.6. The lowest BCUT2D eigenvalue weighted by Gasteiger charge is -2.18. The van der Waals surface area contributed by atoms with E-state index < -0.39 is 0 Å². The fourth-order valence-electron chi connectivity index (χ4n) is 3.02. The molecule has 1 atom stereocenters. The molecule has 1 aromatic carbocycles. The molecule has 0 fully saturated rings. The number of aliphatic imine (C=N–C) groups is 1. The molecule has 0 saturated carbocycles. The van der Waals surface area contributed by atoms with Gasteiger partial charge in [-0.25, -0.2) is 4.99 Å². The number of benzene rings is 1. The first kappa shape index (κ1) is 22.7. The number of nitrogens with one attached hydrogen (secondary N) is 2. The van der Waals surface area contributed by atoms with E-state index in [1.807, 2.05) is 42.5 Å². The van der Waals surface area contributed by atoms with Crippen molar-refractivity contribution in [1.82, 2.24) is 15.6 Å². The summed E-state index contributed by atoms with van der Waals surface area (Å²) in [6.07, 6.45) is 4.81. The van der Waals surface area contributed by atoms with Crippen molar-refractivity contribution in [1.29, 1.82) is 0 Å². The van der Waals surface area contributed by atoms with Crippen LogP contribution in [0, 0.1) is 5.92 Å². The molecule has 0 aliphatic carbocycles. The monoisotopic (exact) mass is 398 g/mol. The van der Waals surface area contributed by atoms with E-state index in [1.165, 1.54) is 0 Å². The highest BCUT2D eigenvalue weighted by atomic mass is 16.5. The molecule has 29 heavy (non-hydrogen) atoms. The Morgan fingerprint density at radius 3 is 2.59 bits per heavy atom. The number of rotatable bonds is 12. The van der Waals surface area contributed by atoms with E-state index in [0.717, 1.165) is 55.3 Å². The fourth-order valence-corrected chi connectivity index (χ4v) is 3.02. The van der Waals surface area contributed by atoms with Gasteiger partial charge in [0.15, 0.2) is 5.96 Å². The Balaban J connectivity index is 1.85. The first-order chi connectivity index (χ1) is 14.2. The summed E-state index contributed by atoms with van der Waals surface area (Å²) in [6.45, 7) is 7.14. The Morgan fingerprint density at radius 2 is 1.93 bits per heavy atom. The molecule has 0 aliphatic rings. The lowest BCUT2D eigenvalue weighted by molar-refractivity contribution is 0.251. The van der Waals surface area contributed by atoms with Crippen LogP contribution in [0.3, 0.4) is 0 Å². The van der Waals surface area contributed by atoms with Gasteiger partial charge in [-0.15, -0.1) is 0 Å². The third-order valence-corrected chi connectivity index (χ3v) is 4.59. The molecule has 2 rings (SSSR count). The van der Waals surface area contributed by atoms with Crippen molar-refractivity contribution >= 4 is 5.96 Å². The molecule has 0 radical (unpaired) electrons. The highest BCUT2D eigenvalue weighted by molar-refractivity contribution is 5.79. The van der Waals surface area contributed by atoms with Crippen LogP contribution in [0.5, 0.6) is 5.75 Å². The van der Waals surface area contributed by atoms with E-state index in [-0.39, 0.29) is 6.61 Å². The van der Waals surface area contributed by atoms with E-state index in [2.05, 4.69) is 34.5 Å². The maximum Gasteiger partial charge on any atom is 0.191 e. The third-order valence-electron chi connectivity index (χ3n) is 4.59. The molecule has 2 aromatic rings. The summed E-state index contributed by atoms with van der Waals surface area (Å²) in [5.41, 5.74) is 2.03. The highest BCUT2D eigenvalue weighted by Gasteiger charge is 2.08. The maximum atomic E-state index is 9.22. The van der Waals surface area contributed by atoms with Crippen LogP contribution in [0.2, 0.25) is 0 Å². The molecule has 0 spiro atoms. The van der Waals surface area contributed by atoms with Gasteiger partial charge in [0.25, 0.3) is 0 Å². The molecule has 0 amide bonds. The summed E-state index contributed by atoms with van der Waals surface area (Å²) in [5.74, 6) is 2.09. The Morgan fingerprint density at radius 1 is 1.10 bits per heavy atom. The summed E-state index contributed by atoms with van der Waals surface area (Å²) in [6, 6.07) is 13.8. The van der Waals surface area contributed by atoms with Crippen molar-refractivity contribution in [2.75, 3.05) is 19.7 Å². The predicted octanol–water partition coefficient (Wildman–Crippen LogP) is 3.51. The lowest BCUT2D eigenvalue weighted by atomic mass is 10.0. The fraction of sp³-hybridized carbons (Fsp3) is 0.478. The second-order valence-electron chi connectivity index (χ2n) is 7.00. The summed E-state index contributed by atoms with van der Waals surface area (Å²) in [7, 11) is 0. The Hall–Kier alpha value is -2.60. The van der Waals surface area contributed by atoms with Crippen LogP contribution in [0.1, 0.15) is 44.4 Å². The van der Waals surface area contributed by atoms with Crippen LogP contribution >= 0.6 is 0 Å². The van der Waals surface area contributed by atoms with Gasteiger partial charge in [0.05, 0.1) is 12.2 Å². The smallest absolute Gasteiger partial charge is 0.191 e. The van der Waals surface area contributed by atoms with Gasteiger partial charge in [0.2, 0.25) is 0 Å². The van der Waals surface area contributed by atoms with Crippen LogP contribution in [0.25, 0.3) is 0 Å². The van der Waals surface area contributed by atoms with Crippen LogP contribution < -0.4 is 15.4 Å². The number of aromatic nitrogens is 1. The number of guanidine groups is 1. The first-order valence-corrected chi connectivity index (χ1v) is 10.5. The average molecular weight is 399 g/mol. The molecule has 1 heterocycles. The third kappa shape index (κ3) is 8.96. The van der Waals surface area contributed by atoms with Crippen molar-refractivity contribution in [2.24, 2.45) is 10.9 Å². The maximum absolute atomic E-state index is 9.22. The molecule has 0 saturated heterocycles. The van der Waals surface area contributed by atoms with E-state index >= 15 is 0 Å². The van der Waals surface area contributed by atoms with E-state index in [4.69, 9.17) is 4.74 Å². The summed E-state index contributed by atoms with van der Waals surface area (Å²) >= 11 is 0. The Bertz CT molecular complexity index is 699. The zero-order valence-electron chi connectivity index (χ0n) is 17.6. The molecule has 1 aromatic heterocycles. The van der Waals surface area contributed by atoms with Gasteiger partial charge in [-0.1, -0.05) is 31.5 Å². The van der Waals surface area contributed by atoms with Crippen molar-refractivity contribution in [3.8, 4) is 5.75 Å². The van der Waals surface area contributed by atoms with Crippen molar-refractivity contribution in [2.45, 2.75) is 46.3 Å². The SMILES string of the molecule is CCCC(CCO)CNC(=NCc1ccc(OCc2ccccn2)cc1)NCC. The molecule has 1 unspecified atom stereocenters. The van der Waals surface area contributed by atoms with Crippen LogP contribution in [-0.4, -0.2) is 35.7 Å². The Labute approximate surface area is 174 Å². The second kappa shape index (κ2) is 13.6. The molecule has 3 N–H and O–H groups in total. The van der Waals surface area contributed by atoms with Gasteiger partial charge in [-0.2, -0.15) is 0 Å². The molecular weight excluding hydrogens is 364 g/mol. The highest BCUT2D eigenvalue weighted by Crippen LogP contribution is 2.14. The molecule has 6 nitrogen and oxygen atoms in total. The van der Waals surface area contributed by atoms with Gasteiger partial charge in [0.1, 0.15) is 12.4 Å². The van der Waals surface area contributed by atoms with E-state index in [9.17, 15) is 5.11 Å². The van der Waals surface area contributed by atoms with Crippen molar-refractivity contribution in [3.63, 3.8) is 0 Å². The minimum Gasteiger partial charge on any atom is -0.487 e. The largest absolute Gasteiger partial charge is 0.487 e. The molecule has 6 heteroatoms. The van der Waals surface area contributed by atoms with Crippen molar-refractivity contribution < 1.29 is 9.84 Å². The summed E-state index contributed by atoms with van der Waals surface area (Å²) in [5, 5.41) is 15.9. The first-order valence-electron chi connectivity index (χ1n) is 10.5. The predicted molar refractivity (Wildman–Crippen MR) is 118 cm³/mol. The number of nitrogens with zero attached hydrogens (tertiary/aromatic N) is 2. The number of ether oxygens (including phenoxy) is 1. The number of aliphatic hydroxyl groups is 1. The number of aliphatic hydroxyl groups excluding tert-OH is 1. The van der Waals surface area contributed by atoms with Crippen LogP contribution in [0.15, 0.2) is 53.7 Å². The molecule has 0 bridgehead atoms. The zero-order valence-corrected chi connectivity index (χ0v) is 17.6. The lowest BCUT2D eigenvalue weighted by Crippen LogP contribution is -2.40. The van der Waals surface area contributed by atoms with Crippen LogP contribution in [-0.2, 0) is 13.2 Å². The molecule has 158 valence electrons. The topological polar surface area (TPSA) is 78.8 Å². The minimum absolute atomic E-state index is 0.231. The normalized spacial score (nSPS) is 12.4. The average Bonchev–Trinajstić information content (AvgIpc) is 2.76. The zero-order chi connectivity index (χ0) is 20.7. The molecule has 0 aliphatic heterocycles. The minimum atomic E-state index is 0.231. The van der Waals surface area contributed by atoms with Crippen molar-refractivity contribution in [3.05, 3.63) is 59.9 Å². The van der Waals surface area contributed by atoms with E-state index in [1.54, 1.807) is 6.20 Å². The van der Waals surface area contributed by atoms with Gasteiger partial charge in [0, 0.05) is 25.9 Å². The van der Waals surface area contributed by atoms with Gasteiger partial charge in [-0.05, 0) is 55.5 Å². The van der Waals surface area contributed by atoms with Gasteiger partial charge < -0.3 is 20.5 Å². The number of hydrogen-bond donors (Lipinski definition) is 3. The second-order valence-corrected chi connectivity index (χ2v) is 7.00. The van der Waals surface area contributed by atoms with E-state index in [0.29, 0.717) is 19.1 Å². The summed E-state index contributed by atoms with van der Waals surface area (Å²) in [4.78, 5) is 8.94. The quantitative estimate of drug-likeness (QED) is 0.377. The van der Waals surface area contributed by atoms with Gasteiger partial charge in [-0.3, -0.25) is 4.98 Å². The standard InChI is InChI=1S/C23H34N4O2/c1-3-7-19(13-15-28)16-26-23(24-4-2)27-17-20-9-11-22(12-10-20)29-18-21-8-5-6-14-25-21/h5-6,8-12,14,19,28H,3-4,7,13,15-18H2,1-2H3,(H2,24,26,27). The van der Waals surface area contributed by atoms with Gasteiger partial charge >= 0.3 is 0 Å². The molecular formula is C23H34N4O2. The number of hydrogen-bond acceptors (Lipinski definition) is 4.